The number of para-hydroxylation sites is 1. The Kier molecular flexibility index (Phi) is 4.89. The molecule has 0 radical (unpaired) electrons. The van der Waals surface area contributed by atoms with Crippen LogP contribution in [0.3, 0.4) is 0 Å². The molecule has 1 amide bonds. The summed E-state index contributed by atoms with van der Waals surface area (Å²) in [5, 5.41) is 9.82. The van der Waals surface area contributed by atoms with E-state index in [1.165, 1.54) is 6.92 Å². The molecule has 1 aromatic heterocycles. The van der Waals surface area contributed by atoms with Crippen LogP contribution >= 0.6 is 0 Å². The summed E-state index contributed by atoms with van der Waals surface area (Å²) < 4.78 is 0. The lowest BCUT2D eigenvalue weighted by Crippen LogP contribution is -2.18. The van der Waals surface area contributed by atoms with E-state index < -0.39 is 0 Å². The van der Waals surface area contributed by atoms with Crippen LogP contribution in [0.4, 0.5) is 11.4 Å². The van der Waals surface area contributed by atoms with Gasteiger partial charge < -0.3 is 5.32 Å². The molecule has 3 aromatic rings. The van der Waals surface area contributed by atoms with E-state index >= 15 is 0 Å². The van der Waals surface area contributed by atoms with Crippen LogP contribution in [0.1, 0.15) is 36.2 Å². The molecule has 2 heterocycles. The van der Waals surface area contributed by atoms with Gasteiger partial charge in [0.25, 0.3) is 0 Å². The van der Waals surface area contributed by atoms with Crippen LogP contribution in [0.5, 0.6) is 0 Å². The monoisotopic (exact) mass is 370 g/mol. The topological polar surface area (TPSA) is 57.6 Å². The van der Waals surface area contributed by atoms with Gasteiger partial charge in [-0.05, 0) is 48.9 Å². The smallest absolute Gasteiger partial charge is 0.221 e. The third kappa shape index (κ3) is 3.78. The van der Waals surface area contributed by atoms with Crippen molar-refractivity contribution in [3.63, 3.8) is 0 Å². The van der Waals surface area contributed by atoms with Crippen molar-refractivity contribution in [2.75, 3.05) is 10.3 Å². The summed E-state index contributed by atoms with van der Waals surface area (Å²) in [6.45, 7) is 3.49. The largest absolute Gasteiger partial charge is 0.326 e. The number of hydrogen-bond acceptors (Lipinski definition) is 4. The van der Waals surface area contributed by atoms with Crippen LogP contribution in [0.2, 0.25) is 0 Å². The summed E-state index contributed by atoms with van der Waals surface area (Å²) in [6.07, 6.45) is 2.68. The van der Waals surface area contributed by atoms with Crippen molar-refractivity contribution >= 4 is 23.0 Å². The molecule has 0 spiro atoms. The highest BCUT2D eigenvalue weighted by Gasteiger charge is 2.30. The molecule has 4 rings (SSSR count). The number of amides is 1. The molecule has 1 aliphatic rings. The number of pyridine rings is 1. The van der Waals surface area contributed by atoms with Crippen LogP contribution in [0, 0.1) is 6.92 Å². The summed E-state index contributed by atoms with van der Waals surface area (Å²) in [7, 11) is 0. The number of aryl methyl sites for hydroxylation is 1. The van der Waals surface area contributed by atoms with Crippen LogP contribution in [-0.2, 0) is 4.79 Å². The highest BCUT2D eigenvalue weighted by atomic mass is 16.1. The molecular weight excluding hydrogens is 348 g/mol. The maximum absolute atomic E-state index is 11.3. The summed E-state index contributed by atoms with van der Waals surface area (Å²) in [5.74, 6) is -0.0722. The zero-order valence-electron chi connectivity index (χ0n) is 16.0. The first-order valence-corrected chi connectivity index (χ1v) is 9.32. The van der Waals surface area contributed by atoms with Gasteiger partial charge in [0, 0.05) is 36.5 Å². The number of hydrogen-bond donors (Lipinski definition) is 1. The molecule has 28 heavy (non-hydrogen) atoms. The highest BCUT2D eigenvalue weighted by Crippen LogP contribution is 2.36. The predicted octanol–water partition coefficient (Wildman–Crippen LogP) is 4.70. The third-order valence-corrected chi connectivity index (χ3v) is 4.79. The fourth-order valence-electron chi connectivity index (χ4n) is 3.39. The van der Waals surface area contributed by atoms with Gasteiger partial charge in [0.2, 0.25) is 5.91 Å². The van der Waals surface area contributed by atoms with Crippen molar-refractivity contribution in [1.29, 1.82) is 0 Å². The Morgan fingerprint density at radius 3 is 2.43 bits per heavy atom. The minimum absolute atomic E-state index is 0.0722. The summed E-state index contributed by atoms with van der Waals surface area (Å²) in [5.41, 5.74) is 6.05. The number of nitrogens with one attached hydrogen (secondary N) is 1. The molecule has 0 aliphatic carbocycles. The van der Waals surface area contributed by atoms with E-state index in [-0.39, 0.29) is 11.9 Å². The molecule has 0 saturated heterocycles. The third-order valence-electron chi connectivity index (χ3n) is 4.79. The first kappa shape index (κ1) is 17.9. The Morgan fingerprint density at radius 1 is 1.04 bits per heavy atom. The van der Waals surface area contributed by atoms with Gasteiger partial charge in [0.1, 0.15) is 0 Å². The fraction of sp³-hybridized carbons (Fsp3) is 0.174. The minimum atomic E-state index is -0.0722. The average Bonchev–Trinajstić information content (AvgIpc) is 3.15. The number of benzene rings is 2. The SMILES string of the molecule is CC(=O)Nc1ccc(C2CC(c3ccc(C)nc3)=NN2c2ccccc2)cc1. The molecule has 0 bridgehead atoms. The van der Waals surface area contributed by atoms with Gasteiger partial charge in [0.15, 0.2) is 0 Å². The molecule has 1 atom stereocenters. The van der Waals surface area contributed by atoms with Crippen molar-refractivity contribution in [1.82, 2.24) is 4.98 Å². The Morgan fingerprint density at radius 2 is 1.79 bits per heavy atom. The zero-order valence-corrected chi connectivity index (χ0v) is 16.0. The molecule has 140 valence electrons. The maximum atomic E-state index is 11.3. The van der Waals surface area contributed by atoms with E-state index in [0.29, 0.717) is 0 Å². The van der Waals surface area contributed by atoms with Gasteiger partial charge in [-0.3, -0.25) is 14.8 Å². The van der Waals surface area contributed by atoms with Crippen molar-refractivity contribution in [3.05, 3.63) is 89.7 Å². The summed E-state index contributed by atoms with van der Waals surface area (Å²) >= 11 is 0. The first-order chi connectivity index (χ1) is 13.6. The Labute approximate surface area is 164 Å². The van der Waals surface area contributed by atoms with Crippen molar-refractivity contribution in [3.8, 4) is 0 Å². The minimum Gasteiger partial charge on any atom is -0.326 e. The quantitative estimate of drug-likeness (QED) is 0.724. The highest BCUT2D eigenvalue weighted by molar-refractivity contribution is 6.03. The molecule has 5 nitrogen and oxygen atoms in total. The van der Waals surface area contributed by atoms with Gasteiger partial charge >= 0.3 is 0 Å². The molecule has 0 saturated carbocycles. The van der Waals surface area contributed by atoms with Gasteiger partial charge in [-0.15, -0.1) is 0 Å². The lowest BCUT2D eigenvalue weighted by atomic mass is 9.98. The molecule has 1 aliphatic heterocycles. The molecule has 1 unspecified atom stereocenters. The van der Waals surface area contributed by atoms with Gasteiger partial charge in [0.05, 0.1) is 17.4 Å². The van der Waals surface area contributed by atoms with E-state index in [4.69, 9.17) is 5.10 Å². The fourth-order valence-corrected chi connectivity index (χ4v) is 3.39. The predicted molar refractivity (Wildman–Crippen MR) is 113 cm³/mol. The molecule has 0 fully saturated rings. The normalized spacial score (nSPS) is 16.0. The van der Waals surface area contributed by atoms with E-state index in [0.717, 1.165) is 40.3 Å². The van der Waals surface area contributed by atoms with Crippen LogP contribution in [-0.4, -0.2) is 16.6 Å². The van der Waals surface area contributed by atoms with Crippen LogP contribution in [0.15, 0.2) is 78.0 Å². The van der Waals surface area contributed by atoms with E-state index in [1.54, 1.807) is 0 Å². The second-order valence-electron chi connectivity index (χ2n) is 6.94. The second-order valence-corrected chi connectivity index (χ2v) is 6.94. The molecular formula is C23H22N4O. The number of hydrazone groups is 1. The molecule has 1 N–H and O–H groups in total. The number of carbonyl (C=O) groups is 1. The van der Waals surface area contributed by atoms with E-state index in [2.05, 4.69) is 45.6 Å². The first-order valence-electron chi connectivity index (χ1n) is 9.32. The number of nitrogens with zero attached hydrogens (tertiary/aromatic N) is 3. The lowest BCUT2D eigenvalue weighted by Gasteiger charge is -2.24. The summed E-state index contributed by atoms with van der Waals surface area (Å²) in [6, 6.07) is 22.3. The molecule has 2 aromatic carbocycles. The van der Waals surface area contributed by atoms with Crippen molar-refractivity contribution in [2.24, 2.45) is 5.10 Å². The summed E-state index contributed by atoms with van der Waals surface area (Å²) in [4.78, 5) is 15.7. The Hall–Kier alpha value is -3.47. The van der Waals surface area contributed by atoms with Gasteiger partial charge in [-0.2, -0.15) is 5.10 Å². The van der Waals surface area contributed by atoms with Crippen molar-refractivity contribution < 1.29 is 4.79 Å². The van der Waals surface area contributed by atoms with Crippen molar-refractivity contribution in [2.45, 2.75) is 26.3 Å². The number of aromatic nitrogens is 1. The number of anilines is 2. The average molecular weight is 370 g/mol. The zero-order chi connectivity index (χ0) is 19.5. The van der Waals surface area contributed by atoms with E-state index in [1.807, 2.05) is 49.5 Å². The number of carbonyl (C=O) groups excluding carboxylic acids is 1. The van der Waals surface area contributed by atoms with E-state index in [9.17, 15) is 4.79 Å². The molecule has 5 heteroatoms. The van der Waals surface area contributed by atoms with Crippen LogP contribution < -0.4 is 10.3 Å². The van der Waals surface area contributed by atoms with Gasteiger partial charge in [-0.1, -0.05) is 30.3 Å². The lowest BCUT2D eigenvalue weighted by molar-refractivity contribution is -0.114. The maximum Gasteiger partial charge on any atom is 0.221 e. The standard InChI is InChI=1S/C23H22N4O/c1-16-8-9-19(15-24-16)22-14-23(27(26-22)21-6-4-3-5-7-21)18-10-12-20(13-11-18)25-17(2)28/h3-13,15,23H,14H2,1-2H3,(H,25,28). The van der Waals surface area contributed by atoms with Crippen LogP contribution in [0.25, 0.3) is 0 Å². The Bertz CT molecular complexity index is 995. The number of rotatable bonds is 4. The Balaban J connectivity index is 1.67. The van der Waals surface area contributed by atoms with Gasteiger partial charge in [-0.25, -0.2) is 0 Å². The second kappa shape index (κ2) is 7.64.